The summed E-state index contributed by atoms with van der Waals surface area (Å²) >= 11 is 3.03. The zero-order valence-corrected chi connectivity index (χ0v) is 16.0. The maximum Gasteiger partial charge on any atom is 0.312 e. The molecule has 0 fully saturated rings. The second kappa shape index (κ2) is 9.10. The van der Waals surface area contributed by atoms with Crippen LogP contribution in [-0.2, 0) is 17.6 Å². The molecule has 9 heteroatoms. The molecule has 0 bridgehead atoms. The lowest BCUT2D eigenvalue weighted by atomic mass is 9.90. The lowest BCUT2D eigenvalue weighted by Gasteiger charge is -2.16. The van der Waals surface area contributed by atoms with Crippen molar-refractivity contribution in [2.45, 2.75) is 38.6 Å². The molecule has 0 unspecified atom stereocenters. The van der Waals surface area contributed by atoms with E-state index in [9.17, 15) is 14.4 Å². The highest BCUT2D eigenvalue weighted by molar-refractivity contribution is 7.98. The van der Waals surface area contributed by atoms with Gasteiger partial charge < -0.3 is 11.1 Å². The van der Waals surface area contributed by atoms with Crippen molar-refractivity contribution >= 4 is 40.9 Å². The molecule has 1 heterocycles. The van der Waals surface area contributed by atoms with E-state index in [-0.39, 0.29) is 5.91 Å². The Balaban J connectivity index is 1.91. The number of hydrogen-bond acceptors (Lipinski definition) is 5. The standard InChI is InChI=1S/C16H24N4O3S2/c1-9-3-4-12-10(7-9)8-13(25-12)15(22)20-19-14(21)11(5-6-24-2)18-16(17)23/h8-9,11H,3-7H2,1-2H3,(H,19,21)(H,20,22)(H3,17,18,23)/t9-,11-/m0/s1. The number of carbonyl (C=O) groups excluding carboxylic acids is 3. The molecule has 2 rings (SSSR count). The lowest BCUT2D eigenvalue weighted by Crippen LogP contribution is -2.53. The fraction of sp³-hybridized carbons (Fsp3) is 0.562. The predicted molar refractivity (Wildman–Crippen MR) is 101 cm³/mol. The van der Waals surface area contributed by atoms with Gasteiger partial charge in [0.25, 0.3) is 11.8 Å². The second-order valence-electron chi connectivity index (χ2n) is 6.19. The predicted octanol–water partition coefficient (Wildman–Crippen LogP) is 1.42. The minimum absolute atomic E-state index is 0.344. The molecule has 2 atom stereocenters. The Labute approximate surface area is 155 Å². The third-order valence-electron chi connectivity index (χ3n) is 4.10. The summed E-state index contributed by atoms with van der Waals surface area (Å²) < 4.78 is 0. The molecule has 0 saturated heterocycles. The van der Waals surface area contributed by atoms with Crippen LogP contribution in [0.15, 0.2) is 6.07 Å². The van der Waals surface area contributed by atoms with E-state index in [0.29, 0.717) is 23.0 Å². The average Bonchev–Trinajstić information content (AvgIpc) is 2.98. The number of hydrazine groups is 1. The summed E-state index contributed by atoms with van der Waals surface area (Å²) in [6, 6.07) is 0.361. The fourth-order valence-electron chi connectivity index (χ4n) is 2.76. The quantitative estimate of drug-likeness (QED) is 0.556. The highest BCUT2D eigenvalue weighted by Gasteiger charge is 2.23. The largest absolute Gasteiger partial charge is 0.352 e. The zero-order valence-electron chi connectivity index (χ0n) is 14.4. The van der Waals surface area contributed by atoms with Crippen molar-refractivity contribution in [1.82, 2.24) is 16.2 Å². The van der Waals surface area contributed by atoms with Gasteiger partial charge in [-0.05, 0) is 55.2 Å². The number of hydrogen-bond donors (Lipinski definition) is 4. The van der Waals surface area contributed by atoms with Crippen LogP contribution in [0.1, 0.15) is 39.9 Å². The summed E-state index contributed by atoms with van der Waals surface area (Å²) in [5.41, 5.74) is 11.1. The van der Waals surface area contributed by atoms with Crippen molar-refractivity contribution in [2.24, 2.45) is 11.7 Å². The van der Waals surface area contributed by atoms with Crippen LogP contribution in [0, 0.1) is 5.92 Å². The Morgan fingerprint density at radius 2 is 2.16 bits per heavy atom. The number of urea groups is 1. The number of nitrogens with two attached hydrogens (primary N) is 1. The topological polar surface area (TPSA) is 113 Å². The highest BCUT2D eigenvalue weighted by atomic mass is 32.2. The maximum atomic E-state index is 12.3. The molecule has 7 nitrogen and oxygen atoms in total. The summed E-state index contributed by atoms with van der Waals surface area (Å²) in [4.78, 5) is 37.3. The Morgan fingerprint density at radius 1 is 1.40 bits per heavy atom. The van der Waals surface area contributed by atoms with Crippen LogP contribution in [0.25, 0.3) is 0 Å². The lowest BCUT2D eigenvalue weighted by molar-refractivity contribution is -0.123. The van der Waals surface area contributed by atoms with Gasteiger partial charge in [-0.3, -0.25) is 20.4 Å². The average molecular weight is 385 g/mol. The molecule has 138 valence electrons. The van der Waals surface area contributed by atoms with Gasteiger partial charge in [-0.2, -0.15) is 11.8 Å². The molecule has 0 aliphatic heterocycles. The van der Waals surface area contributed by atoms with Crippen LogP contribution < -0.4 is 21.9 Å². The Kier molecular flexibility index (Phi) is 7.12. The van der Waals surface area contributed by atoms with E-state index in [1.807, 2.05) is 12.3 Å². The second-order valence-corrected chi connectivity index (χ2v) is 8.32. The normalized spacial score (nSPS) is 17.3. The number of primary amides is 1. The van der Waals surface area contributed by atoms with Crippen LogP contribution in [-0.4, -0.2) is 35.9 Å². The van der Waals surface area contributed by atoms with Gasteiger partial charge in [0, 0.05) is 4.88 Å². The SMILES string of the molecule is CSCC[C@H](NC(N)=O)C(=O)NNC(=O)c1cc2c(s1)CC[C@H](C)C2. The zero-order chi connectivity index (χ0) is 18.4. The molecule has 4 amide bonds. The molecule has 5 N–H and O–H groups in total. The molecule has 0 radical (unpaired) electrons. The first-order valence-corrected chi connectivity index (χ1v) is 10.4. The Bertz CT molecular complexity index is 647. The number of rotatable bonds is 6. The van der Waals surface area contributed by atoms with E-state index in [1.54, 1.807) is 11.8 Å². The van der Waals surface area contributed by atoms with Gasteiger partial charge in [0.1, 0.15) is 6.04 Å². The van der Waals surface area contributed by atoms with E-state index in [0.717, 1.165) is 19.3 Å². The van der Waals surface area contributed by atoms with Crippen molar-refractivity contribution in [2.75, 3.05) is 12.0 Å². The van der Waals surface area contributed by atoms with Gasteiger partial charge in [-0.25, -0.2) is 4.79 Å². The summed E-state index contributed by atoms with van der Waals surface area (Å²) in [7, 11) is 0. The van der Waals surface area contributed by atoms with Gasteiger partial charge >= 0.3 is 6.03 Å². The Hall–Kier alpha value is -1.74. The van der Waals surface area contributed by atoms with Crippen LogP contribution >= 0.6 is 23.1 Å². The van der Waals surface area contributed by atoms with E-state index < -0.39 is 18.0 Å². The smallest absolute Gasteiger partial charge is 0.312 e. The maximum absolute atomic E-state index is 12.3. The van der Waals surface area contributed by atoms with Crippen molar-refractivity contribution < 1.29 is 14.4 Å². The molecule has 0 spiro atoms. The van der Waals surface area contributed by atoms with Crippen molar-refractivity contribution in [3.63, 3.8) is 0 Å². The van der Waals surface area contributed by atoms with Crippen LogP contribution in [0.5, 0.6) is 0 Å². The summed E-state index contributed by atoms with van der Waals surface area (Å²) in [5.74, 6) is 0.483. The minimum Gasteiger partial charge on any atom is -0.352 e. The van der Waals surface area contributed by atoms with E-state index >= 15 is 0 Å². The van der Waals surface area contributed by atoms with Gasteiger partial charge in [-0.15, -0.1) is 11.3 Å². The van der Waals surface area contributed by atoms with Gasteiger partial charge in [0.2, 0.25) is 0 Å². The third kappa shape index (κ3) is 5.64. The molecular weight excluding hydrogens is 360 g/mol. The van der Waals surface area contributed by atoms with Gasteiger partial charge in [0.05, 0.1) is 4.88 Å². The number of carbonyl (C=O) groups is 3. The number of nitrogens with one attached hydrogen (secondary N) is 3. The first kappa shape index (κ1) is 19.6. The van der Waals surface area contributed by atoms with Crippen molar-refractivity contribution in [1.29, 1.82) is 0 Å². The molecule has 1 aliphatic carbocycles. The molecule has 1 aliphatic rings. The van der Waals surface area contributed by atoms with Crippen LogP contribution in [0.2, 0.25) is 0 Å². The number of thiophene rings is 1. The van der Waals surface area contributed by atoms with Crippen LogP contribution in [0.4, 0.5) is 4.79 Å². The van der Waals surface area contributed by atoms with E-state index in [4.69, 9.17) is 5.73 Å². The van der Waals surface area contributed by atoms with Crippen LogP contribution in [0.3, 0.4) is 0 Å². The third-order valence-corrected chi connectivity index (χ3v) is 5.98. The summed E-state index contributed by atoms with van der Waals surface area (Å²) in [6.45, 7) is 2.21. The molecule has 0 aromatic carbocycles. The number of thioether (sulfide) groups is 1. The van der Waals surface area contributed by atoms with Crippen molar-refractivity contribution in [3.05, 3.63) is 21.4 Å². The first-order chi connectivity index (χ1) is 11.9. The molecule has 1 aromatic heterocycles. The summed E-state index contributed by atoms with van der Waals surface area (Å²) in [5, 5.41) is 2.39. The fourth-order valence-corrected chi connectivity index (χ4v) is 4.34. The van der Waals surface area contributed by atoms with Gasteiger partial charge in [0.15, 0.2) is 0 Å². The summed E-state index contributed by atoms with van der Waals surface area (Å²) in [6.07, 6.45) is 5.46. The number of aryl methyl sites for hydroxylation is 1. The number of fused-ring (bicyclic) bond motifs is 1. The molecule has 0 saturated carbocycles. The highest BCUT2D eigenvalue weighted by Crippen LogP contribution is 2.32. The van der Waals surface area contributed by atoms with Crippen molar-refractivity contribution in [3.8, 4) is 0 Å². The molecule has 25 heavy (non-hydrogen) atoms. The Morgan fingerprint density at radius 3 is 2.84 bits per heavy atom. The molecule has 1 aromatic rings. The van der Waals surface area contributed by atoms with Gasteiger partial charge in [-0.1, -0.05) is 6.92 Å². The molecular formula is C16H24N4O3S2. The number of amides is 4. The van der Waals surface area contributed by atoms with E-state index in [1.165, 1.54) is 21.8 Å². The first-order valence-electron chi connectivity index (χ1n) is 8.17. The van der Waals surface area contributed by atoms with E-state index in [2.05, 4.69) is 23.1 Å². The minimum atomic E-state index is -0.775. The monoisotopic (exact) mass is 384 g/mol.